The predicted molar refractivity (Wildman–Crippen MR) is 58.0 cm³/mol. The van der Waals surface area contributed by atoms with Gasteiger partial charge in [0.15, 0.2) is 5.78 Å². The largest absolute Gasteiger partial charge is 0.383 e. The first-order chi connectivity index (χ1) is 6.68. The minimum atomic E-state index is 0.130. The molecule has 0 aliphatic rings. The van der Waals surface area contributed by atoms with Crippen molar-refractivity contribution < 1.29 is 4.79 Å². The first-order valence-corrected chi connectivity index (χ1v) is 4.60. The second kappa shape index (κ2) is 5.22. The number of carbonyl (C=O) groups excluding carboxylic acids is 1. The fourth-order valence-corrected chi connectivity index (χ4v) is 1.09. The monoisotopic (exact) mass is 189 g/mol. The van der Waals surface area contributed by atoms with E-state index in [0.29, 0.717) is 6.42 Å². The second-order valence-corrected chi connectivity index (χ2v) is 3.41. The fourth-order valence-electron chi connectivity index (χ4n) is 1.09. The average molecular weight is 189 g/mol. The van der Waals surface area contributed by atoms with Gasteiger partial charge in [0.25, 0.3) is 0 Å². The molecule has 0 spiro atoms. The zero-order valence-corrected chi connectivity index (χ0v) is 8.60. The molecule has 0 saturated carbocycles. The highest BCUT2D eigenvalue weighted by Gasteiger charge is 1.98. The molecule has 0 fully saturated rings. The lowest BCUT2D eigenvalue weighted by molar-refractivity contribution is -0.114. The van der Waals surface area contributed by atoms with Gasteiger partial charge in [0, 0.05) is 26.7 Å². The average Bonchev–Trinajstić information content (AvgIpc) is 2.16. The SMILES string of the molecule is CN(C)/C=C/C(=O)Cc1ccccc1. The van der Waals surface area contributed by atoms with Gasteiger partial charge in [0.05, 0.1) is 0 Å². The minimum Gasteiger partial charge on any atom is -0.383 e. The lowest BCUT2D eigenvalue weighted by atomic mass is 10.1. The van der Waals surface area contributed by atoms with E-state index in [1.54, 1.807) is 12.3 Å². The molecule has 0 radical (unpaired) electrons. The first-order valence-electron chi connectivity index (χ1n) is 4.60. The number of benzene rings is 1. The maximum Gasteiger partial charge on any atom is 0.161 e. The van der Waals surface area contributed by atoms with Crippen molar-refractivity contribution in [3.05, 3.63) is 48.2 Å². The Kier molecular flexibility index (Phi) is 3.92. The third-order valence-corrected chi connectivity index (χ3v) is 1.78. The molecular weight excluding hydrogens is 174 g/mol. The molecule has 1 rings (SSSR count). The molecule has 1 aromatic carbocycles. The van der Waals surface area contributed by atoms with Crippen molar-refractivity contribution in [2.24, 2.45) is 0 Å². The topological polar surface area (TPSA) is 20.3 Å². The minimum absolute atomic E-state index is 0.130. The molecule has 0 unspecified atom stereocenters. The molecule has 1 aromatic rings. The van der Waals surface area contributed by atoms with Gasteiger partial charge in [0.1, 0.15) is 0 Å². The molecule has 74 valence electrons. The van der Waals surface area contributed by atoms with Gasteiger partial charge in [-0.15, -0.1) is 0 Å². The van der Waals surface area contributed by atoms with E-state index in [9.17, 15) is 4.79 Å². The number of rotatable bonds is 4. The van der Waals surface area contributed by atoms with Crippen molar-refractivity contribution in [2.45, 2.75) is 6.42 Å². The Morgan fingerprint density at radius 1 is 1.29 bits per heavy atom. The molecule has 0 heterocycles. The predicted octanol–water partition coefficient (Wildman–Crippen LogP) is 1.87. The Labute approximate surface area is 84.9 Å². The van der Waals surface area contributed by atoms with Gasteiger partial charge in [-0.3, -0.25) is 4.79 Å². The van der Waals surface area contributed by atoms with Crippen molar-refractivity contribution in [1.29, 1.82) is 0 Å². The van der Waals surface area contributed by atoms with Crippen LogP contribution in [-0.4, -0.2) is 24.8 Å². The summed E-state index contributed by atoms with van der Waals surface area (Å²) < 4.78 is 0. The summed E-state index contributed by atoms with van der Waals surface area (Å²) in [5, 5.41) is 0. The van der Waals surface area contributed by atoms with E-state index >= 15 is 0 Å². The summed E-state index contributed by atoms with van der Waals surface area (Å²) in [6, 6.07) is 9.75. The van der Waals surface area contributed by atoms with Crippen LogP contribution in [0.15, 0.2) is 42.6 Å². The van der Waals surface area contributed by atoms with Crippen LogP contribution in [-0.2, 0) is 11.2 Å². The fraction of sp³-hybridized carbons (Fsp3) is 0.250. The Balaban J connectivity index is 2.50. The van der Waals surface area contributed by atoms with Gasteiger partial charge in [-0.1, -0.05) is 30.3 Å². The summed E-state index contributed by atoms with van der Waals surface area (Å²) in [5.74, 6) is 0.130. The first kappa shape index (κ1) is 10.5. The summed E-state index contributed by atoms with van der Waals surface area (Å²) >= 11 is 0. The van der Waals surface area contributed by atoms with Crippen LogP contribution in [0.25, 0.3) is 0 Å². The van der Waals surface area contributed by atoms with Gasteiger partial charge in [-0.25, -0.2) is 0 Å². The summed E-state index contributed by atoms with van der Waals surface area (Å²) in [6.07, 6.45) is 3.85. The van der Waals surface area contributed by atoms with Gasteiger partial charge >= 0.3 is 0 Å². The van der Waals surface area contributed by atoms with E-state index in [0.717, 1.165) is 5.56 Å². The molecule has 0 saturated heterocycles. The third kappa shape index (κ3) is 3.90. The Morgan fingerprint density at radius 3 is 2.50 bits per heavy atom. The summed E-state index contributed by atoms with van der Waals surface area (Å²) in [7, 11) is 3.79. The number of nitrogens with zero attached hydrogens (tertiary/aromatic N) is 1. The van der Waals surface area contributed by atoms with Crippen molar-refractivity contribution in [1.82, 2.24) is 4.90 Å². The summed E-state index contributed by atoms with van der Waals surface area (Å²) in [6.45, 7) is 0. The lowest BCUT2D eigenvalue weighted by Gasteiger charge is -2.02. The van der Waals surface area contributed by atoms with Crippen molar-refractivity contribution in [2.75, 3.05) is 14.1 Å². The molecule has 0 amide bonds. The van der Waals surface area contributed by atoms with E-state index in [1.165, 1.54) is 0 Å². The molecule has 0 aliphatic carbocycles. The van der Waals surface area contributed by atoms with Crippen LogP contribution < -0.4 is 0 Å². The van der Waals surface area contributed by atoms with Crippen LogP contribution in [0.1, 0.15) is 5.56 Å². The third-order valence-electron chi connectivity index (χ3n) is 1.78. The van der Waals surface area contributed by atoms with Gasteiger partial charge < -0.3 is 4.90 Å². The number of ketones is 1. The van der Waals surface area contributed by atoms with Crippen LogP contribution in [0.4, 0.5) is 0 Å². The van der Waals surface area contributed by atoms with E-state index in [-0.39, 0.29) is 5.78 Å². The standard InChI is InChI=1S/C12H15NO/c1-13(2)9-8-12(14)10-11-6-4-3-5-7-11/h3-9H,10H2,1-2H3/b9-8+. The number of allylic oxidation sites excluding steroid dienone is 1. The smallest absolute Gasteiger partial charge is 0.161 e. The van der Waals surface area contributed by atoms with Crippen LogP contribution in [0, 0.1) is 0 Å². The maximum absolute atomic E-state index is 11.4. The number of hydrogen-bond donors (Lipinski definition) is 0. The molecule has 2 heteroatoms. The van der Waals surface area contributed by atoms with Gasteiger partial charge in [-0.05, 0) is 11.6 Å². The maximum atomic E-state index is 11.4. The highest BCUT2D eigenvalue weighted by atomic mass is 16.1. The Morgan fingerprint density at radius 2 is 1.93 bits per heavy atom. The van der Waals surface area contributed by atoms with E-state index in [2.05, 4.69) is 0 Å². The zero-order valence-electron chi connectivity index (χ0n) is 8.60. The van der Waals surface area contributed by atoms with Crippen LogP contribution in [0.5, 0.6) is 0 Å². The molecule has 2 nitrogen and oxygen atoms in total. The highest BCUT2D eigenvalue weighted by Crippen LogP contribution is 2.00. The van der Waals surface area contributed by atoms with E-state index < -0.39 is 0 Å². The Hall–Kier alpha value is -1.57. The zero-order chi connectivity index (χ0) is 10.4. The molecule has 0 bridgehead atoms. The molecule has 0 aromatic heterocycles. The lowest BCUT2D eigenvalue weighted by Crippen LogP contribution is -2.04. The van der Waals surface area contributed by atoms with Gasteiger partial charge in [0.2, 0.25) is 0 Å². The molecule has 14 heavy (non-hydrogen) atoms. The Bertz CT molecular complexity index is 314. The van der Waals surface area contributed by atoms with E-state index in [4.69, 9.17) is 0 Å². The van der Waals surface area contributed by atoms with Crippen molar-refractivity contribution in [3.63, 3.8) is 0 Å². The number of hydrogen-bond acceptors (Lipinski definition) is 2. The second-order valence-electron chi connectivity index (χ2n) is 3.41. The molecular formula is C12H15NO. The van der Waals surface area contributed by atoms with Crippen molar-refractivity contribution in [3.8, 4) is 0 Å². The molecule has 0 atom stereocenters. The molecule has 0 aliphatic heterocycles. The van der Waals surface area contributed by atoms with Gasteiger partial charge in [-0.2, -0.15) is 0 Å². The molecule has 0 N–H and O–H groups in total. The summed E-state index contributed by atoms with van der Waals surface area (Å²) in [4.78, 5) is 13.3. The number of carbonyl (C=O) groups is 1. The van der Waals surface area contributed by atoms with E-state index in [1.807, 2.05) is 49.3 Å². The quantitative estimate of drug-likeness (QED) is 0.674. The van der Waals surface area contributed by atoms with Crippen LogP contribution >= 0.6 is 0 Å². The summed E-state index contributed by atoms with van der Waals surface area (Å²) in [5.41, 5.74) is 1.06. The van der Waals surface area contributed by atoms with Crippen LogP contribution in [0.3, 0.4) is 0 Å². The highest BCUT2D eigenvalue weighted by molar-refractivity contribution is 5.91. The van der Waals surface area contributed by atoms with Crippen LogP contribution in [0.2, 0.25) is 0 Å². The normalized spacial score (nSPS) is 10.4. The van der Waals surface area contributed by atoms with Crippen molar-refractivity contribution >= 4 is 5.78 Å².